The third kappa shape index (κ3) is 6.47. The van der Waals surface area contributed by atoms with Crippen LogP contribution in [0.2, 0.25) is 0 Å². The van der Waals surface area contributed by atoms with Gasteiger partial charge in [-0.15, -0.1) is 4.41 Å². The standard InChI is InChI=1S/C24H29N3O2S/c1-18-17-30-27(26-18)23(15-8-3-5-10-19(2)28)24(29)25-22-14-9-13-21(16-22)20-11-6-4-7-12-20/h4,6-7,9,11-14,16-17,23,26H,3,5,8,10,15H2,1-2H3,(H,25,29)/t23-/m0/s1. The number of unbranched alkanes of at least 4 members (excludes halogenated alkanes) is 2. The summed E-state index contributed by atoms with van der Waals surface area (Å²) in [5, 5.41) is 5.10. The van der Waals surface area contributed by atoms with Crippen LogP contribution < -0.4 is 10.7 Å². The molecule has 0 saturated carbocycles. The Morgan fingerprint density at radius 2 is 1.80 bits per heavy atom. The number of rotatable bonds is 10. The molecule has 30 heavy (non-hydrogen) atoms. The van der Waals surface area contributed by atoms with E-state index in [4.69, 9.17) is 0 Å². The molecule has 2 aromatic carbocycles. The number of allylic oxidation sites excluding steroid dienone is 1. The molecule has 1 atom stereocenters. The molecule has 1 amide bonds. The van der Waals surface area contributed by atoms with Crippen molar-refractivity contribution in [2.45, 2.75) is 52.0 Å². The first-order valence-electron chi connectivity index (χ1n) is 10.4. The van der Waals surface area contributed by atoms with Gasteiger partial charge < -0.3 is 15.5 Å². The van der Waals surface area contributed by atoms with Gasteiger partial charge in [0.15, 0.2) is 0 Å². The minimum absolute atomic E-state index is 0.0325. The summed E-state index contributed by atoms with van der Waals surface area (Å²) in [6, 6.07) is 17.8. The van der Waals surface area contributed by atoms with E-state index in [-0.39, 0.29) is 17.7 Å². The zero-order valence-corrected chi connectivity index (χ0v) is 18.4. The highest BCUT2D eigenvalue weighted by Crippen LogP contribution is 2.27. The highest BCUT2D eigenvalue weighted by atomic mass is 32.2. The van der Waals surface area contributed by atoms with E-state index >= 15 is 0 Å². The van der Waals surface area contributed by atoms with Crippen LogP contribution in [0.15, 0.2) is 65.7 Å². The molecule has 0 aromatic heterocycles. The first-order chi connectivity index (χ1) is 14.5. The summed E-state index contributed by atoms with van der Waals surface area (Å²) < 4.78 is 1.91. The fourth-order valence-electron chi connectivity index (χ4n) is 3.39. The van der Waals surface area contributed by atoms with E-state index in [1.165, 1.54) is 11.9 Å². The second kappa shape index (κ2) is 11.0. The molecule has 0 bridgehead atoms. The maximum Gasteiger partial charge on any atom is 0.244 e. The van der Waals surface area contributed by atoms with Crippen LogP contribution in [0.25, 0.3) is 11.1 Å². The van der Waals surface area contributed by atoms with Gasteiger partial charge in [0.2, 0.25) is 5.91 Å². The largest absolute Gasteiger partial charge is 0.325 e. The fourth-order valence-corrected chi connectivity index (χ4v) is 4.26. The van der Waals surface area contributed by atoms with Gasteiger partial charge >= 0.3 is 0 Å². The molecule has 0 aliphatic carbocycles. The highest BCUT2D eigenvalue weighted by Gasteiger charge is 2.28. The summed E-state index contributed by atoms with van der Waals surface area (Å²) in [6.45, 7) is 3.61. The van der Waals surface area contributed by atoms with Crippen LogP contribution in [-0.4, -0.2) is 22.1 Å². The SMILES string of the molecule is CC(=O)CCCCC[C@@H](C(=O)Nc1cccc(-c2ccccc2)c1)N1NC(C)=CS1. The number of hydrazine groups is 1. The molecule has 1 heterocycles. The molecule has 0 fully saturated rings. The van der Waals surface area contributed by atoms with Gasteiger partial charge in [-0.2, -0.15) is 0 Å². The fraction of sp³-hybridized carbons (Fsp3) is 0.333. The number of hydrogen-bond acceptors (Lipinski definition) is 5. The summed E-state index contributed by atoms with van der Waals surface area (Å²) in [6.07, 6.45) is 4.05. The minimum atomic E-state index is -0.304. The van der Waals surface area contributed by atoms with Crippen molar-refractivity contribution < 1.29 is 9.59 Å². The van der Waals surface area contributed by atoms with Gasteiger partial charge in [-0.25, -0.2) is 0 Å². The lowest BCUT2D eigenvalue weighted by Gasteiger charge is -2.26. The van der Waals surface area contributed by atoms with E-state index in [0.717, 1.165) is 48.2 Å². The van der Waals surface area contributed by atoms with Crippen LogP contribution in [0.1, 0.15) is 46.0 Å². The van der Waals surface area contributed by atoms with E-state index < -0.39 is 0 Å². The quantitative estimate of drug-likeness (QED) is 0.389. The van der Waals surface area contributed by atoms with Gasteiger partial charge in [0.05, 0.1) is 0 Å². The smallest absolute Gasteiger partial charge is 0.244 e. The molecule has 2 aromatic rings. The maximum absolute atomic E-state index is 13.1. The van der Waals surface area contributed by atoms with E-state index in [9.17, 15) is 9.59 Å². The summed E-state index contributed by atoms with van der Waals surface area (Å²) in [5.74, 6) is 0.189. The predicted molar refractivity (Wildman–Crippen MR) is 124 cm³/mol. The molecule has 6 heteroatoms. The van der Waals surface area contributed by atoms with Crippen LogP contribution in [0.4, 0.5) is 5.69 Å². The molecule has 0 unspecified atom stereocenters. The summed E-state index contributed by atoms with van der Waals surface area (Å²) >= 11 is 1.51. The molecule has 2 N–H and O–H groups in total. The summed E-state index contributed by atoms with van der Waals surface area (Å²) in [7, 11) is 0. The molecule has 1 aliphatic heterocycles. The Morgan fingerprint density at radius 3 is 2.50 bits per heavy atom. The van der Waals surface area contributed by atoms with Crippen LogP contribution in [0.5, 0.6) is 0 Å². The van der Waals surface area contributed by atoms with Crippen molar-refractivity contribution in [3.05, 3.63) is 65.7 Å². The minimum Gasteiger partial charge on any atom is -0.325 e. The molecule has 1 aliphatic rings. The Bertz CT molecular complexity index is 898. The van der Waals surface area contributed by atoms with E-state index in [1.54, 1.807) is 6.92 Å². The number of Topliss-reactive ketones (excluding diaryl/α,β-unsaturated/α-hetero) is 1. The normalized spacial score (nSPS) is 14.7. The van der Waals surface area contributed by atoms with Crippen LogP contribution in [0.3, 0.4) is 0 Å². The topological polar surface area (TPSA) is 61.4 Å². The molecule has 0 spiro atoms. The summed E-state index contributed by atoms with van der Waals surface area (Å²) in [4.78, 5) is 24.3. The number of carbonyl (C=O) groups is 2. The average molecular weight is 424 g/mol. The van der Waals surface area contributed by atoms with Crippen molar-refractivity contribution >= 4 is 29.3 Å². The van der Waals surface area contributed by atoms with Gasteiger partial charge in [0.1, 0.15) is 11.8 Å². The number of ketones is 1. The second-order valence-corrected chi connectivity index (χ2v) is 8.44. The van der Waals surface area contributed by atoms with E-state index in [1.807, 2.05) is 59.2 Å². The van der Waals surface area contributed by atoms with Crippen molar-refractivity contribution in [2.24, 2.45) is 0 Å². The van der Waals surface area contributed by atoms with E-state index in [0.29, 0.717) is 6.42 Å². The maximum atomic E-state index is 13.1. The monoisotopic (exact) mass is 423 g/mol. The van der Waals surface area contributed by atoms with E-state index in [2.05, 4.69) is 22.9 Å². The Hall–Kier alpha value is -2.57. The van der Waals surface area contributed by atoms with Crippen molar-refractivity contribution in [2.75, 3.05) is 5.32 Å². The third-order valence-corrected chi connectivity index (χ3v) is 5.99. The molecule has 5 nitrogen and oxygen atoms in total. The molecule has 158 valence electrons. The van der Waals surface area contributed by atoms with Crippen LogP contribution in [0, 0.1) is 0 Å². The molecular weight excluding hydrogens is 394 g/mol. The number of hydrogen-bond donors (Lipinski definition) is 2. The van der Waals surface area contributed by atoms with Gasteiger partial charge in [-0.3, -0.25) is 4.79 Å². The van der Waals surface area contributed by atoms with Gasteiger partial charge in [0, 0.05) is 23.2 Å². The van der Waals surface area contributed by atoms with Crippen molar-refractivity contribution in [1.29, 1.82) is 0 Å². The van der Waals surface area contributed by atoms with Crippen LogP contribution >= 0.6 is 11.9 Å². The molecular formula is C24H29N3O2S. The average Bonchev–Trinajstić information content (AvgIpc) is 3.17. The number of nitrogens with one attached hydrogen (secondary N) is 2. The number of nitrogens with zero attached hydrogens (tertiary/aromatic N) is 1. The molecule has 0 radical (unpaired) electrons. The first-order valence-corrected chi connectivity index (χ1v) is 11.2. The molecule has 0 saturated heterocycles. The van der Waals surface area contributed by atoms with Crippen molar-refractivity contribution in [3.8, 4) is 11.1 Å². The number of amides is 1. The Balaban J connectivity index is 1.64. The van der Waals surface area contributed by atoms with Gasteiger partial charge in [0.25, 0.3) is 0 Å². The van der Waals surface area contributed by atoms with Crippen molar-refractivity contribution in [1.82, 2.24) is 9.84 Å². The van der Waals surface area contributed by atoms with Crippen molar-refractivity contribution in [3.63, 3.8) is 0 Å². The second-order valence-electron chi connectivity index (χ2n) is 7.60. The highest BCUT2D eigenvalue weighted by molar-refractivity contribution is 8.00. The lowest BCUT2D eigenvalue weighted by atomic mass is 10.0. The molecule has 3 rings (SSSR count). The predicted octanol–water partition coefficient (Wildman–Crippen LogP) is 5.53. The van der Waals surface area contributed by atoms with Gasteiger partial charge in [-0.05, 0) is 61.9 Å². The lowest BCUT2D eigenvalue weighted by Crippen LogP contribution is -2.44. The Morgan fingerprint density at radius 1 is 1.03 bits per heavy atom. The number of carbonyl (C=O) groups excluding carboxylic acids is 2. The van der Waals surface area contributed by atoms with Crippen LogP contribution in [-0.2, 0) is 9.59 Å². The van der Waals surface area contributed by atoms with Gasteiger partial charge in [-0.1, -0.05) is 55.3 Å². The zero-order chi connectivity index (χ0) is 21.3. The Labute approximate surface area is 183 Å². The Kier molecular flexibility index (Phi) is 8.11. The summed E-state index contributed by atoms with van der Waals surface area (Å²) in [5.41, 5.74) is 7.26. The third-order valence-electron chi connectivity index (χ3n) is 4.96. The lowest BCUT2D eigenvalue weighted by molar-refractivity contribution is -0.120. The zero-order valence-electron chi connectivity index (χ0n) is 17.6. The number of benzene rings is 2. The first kappa shape index (κ1) is 22.1. The number of anilines is 1.